The van der Waals surface area contributed by atoms with Crippen molar-refractivity contribution in [2.24, 2.45) is 0 Å². The van der Waals surface area contributed by atoms with Crippen LogP contribution in [0.1, 0.15) is 16.8 Å². The predicted octanol–water partition coefficient (Wildman–Crippen LogP) is 1.86. The van der Waals surface area contributed by atoms with Crippen LogP contribution in [0.4, 0.5) is 0 Å². The van der Waals surface area contributed by atoms with Crippen LogP contribution in [-0.4, -0.2) is 36.2 Å². The number of imide groups is 1. The second kappa shape index (κ2) is 6.38. The lowest BCUT2D eigenvalue weighted by atomic mass is 10.1. The zero-order valence-corrected chi connectivity index (χ0v) is 12.3. The topological polar surface area (TPSA) is 63.7 Å². The number of carbonyl (C=O) groups is 3. The number of amides is 2. The maximum absolute atomic E-state index is 12.2. The van der Waals surface area contributed by atoms with E-state index >= 15 is 0 Å². The highest BCUT2D eigenvalue weighted by Gasteiger charge is 2.42. The molecule has 0 unspecified atom stereocenters. The van der Waals surface area contributed by atoms with Gasteiger partial charge in [0.25, 0.3) is 5.91 Å². The Hall–Kier alpha value is -3.04. The summed E-state index contributed by atoms with van der Waals surface area (Å²) >= 11 is 0. The van der Waals surface area contributed by atoms with Crippen molar-refractivity contribution in [2.45, 2.75) is 6.42 Å². The average Bonchev–Trinajstić information content (AvgIpc) is 2.84. The lowest BCUT2D eigenvalue weighted by Gasteiger charge is -2.13. The summed E-state index contributed by atoms with van der Waals surface area (Å²) in [5.41, 5.74) is 1.42. The van der Waals surface area contributed by atoms with Crippen molar-refractivity contribution in [3.63, 3.8) is 0 Å². The molecule has 1 aromatic carbocycles. The minimum Gasteiger partial charge on any atom is -0.494 e. The van der Waals surface area contributed by atoms with Gasteiger partial charge >= 0.3 is 5.91 Å². The van der Waals surface area contributed by atoms with Gasteiger partial charge in [-0.2, -0.15) is 0 Å². The van der Waals surface area contributed by atoms with E-state index in [-0.39, 0.29) is 11.8 Å². The zero-order chi connectivity index (χ0) is 16.2. The summed E-state index contributed by atoms with van der Waals surface area (Å²) in [6.07, 6.45) is 8.89. The van der Waals surface area contributed by atoms with Gasteiger partial charge in [0.2, 0.25) is 0 Å². The molecule has 0 fully saturated rings. The van der Waals surface area contributed by atoms with E-state index in [4.69, 9.17) is 4.74 Å². The van der Waals surface area contributed by atoms with Crippen LogP contribution >= 0.6 is 0 Å². The molecule has 5 nitrogen and oxygen atoms in total. The summed E-state index contributed by atoms with van der Waals surface area (Å²) in [4.78, 5) is 36.1. The summed E-state index contributed by atoms with van der Waals surface area (Å²) in [5, 5.41) is 0. The lowest BCUT2D eigenvalue weighted by Crippen LogP contribution is -2.33. The van der Waals surface area contributed by atoms with Crippen LogP contribution in [0.15, 0.2) is 53.6 Å². The summed E-state index contributed by atoms with van der Waals surface area (Å²) in [6, 6.07) is 6.76. The van der Waals surface area contributed by atoms with Gasteiger partial charge in [0.15, 0.2) is 11.1 Å². The van der Waals surface area contributed by atoms with Gasteiger partial charge in [-0.1, -0.05) is 0 Å². The van der Waals surface area contributed by atoms with E-state index in [1.165, 1.54) is 4.90 Å². The fraction of sp³-hybridized carbons (Fsp3) is 0.167. The molecule has 0 saturated heterocycles. The molecule has 0 atom stereocenters. The molecule has 23 heavy (non-hydrogen) atoms. The molecular weight excluding hydrogens is 294 g/mol. The van der Waals surface area contributed by atoms with Crippen molar-refractivity contribution in [1.29, 1.82) is 0 Å². The van der Waals surface area contributed by atoms with Crippen LogP contribution in [-0.2, 0) is 9.59 Å². The minimum atomic E-state index is -0.280. The molecule has 3 rings (SSSR count). The molecule has 0 spiro atoms. The Morgan fingerprint density at radius 2 is 1.83 bits per heavy atom. The summed E-state index contributed by atoms with van der Waals surface area (Å²) in [5.74, 6) is 0.0964. The molecule has 114 valence electrons. The normalized spacial score (nSPS) is 15.7. The van der Waals surface area contributed by atoms with Crippen molar-refractivity contribution in [3.8, 4) is 5.75 Å². The van der Waals surface area contributed by atoms with Crippen molar-refractivity contribution >= 4 is 18.1 Å². The SMILES string of the molecule is O=Cc1ccc(OCCCN2C(=O)C3=C(C=C[C+]=C3)C2=O)cc1. The highest BCUT2D eigenvalue weighted by atomic mass is 16.5. The molecule has 1 heterocycles. The van der Waals surface area contributed by atoms with Gasteiger partial charge in [-0.25, -0.2) is 0 Å². The Bertz CT molecular complexity index is 707. The highest BCUT2D eigenvalue weighted by Crippen LogP contribution is 2.25. The first-order valence-electron chi connectivity index (χ1n) is 7.25. The Kier molecular flexibility index (Phi) is 4.13. The average molecular weight is 308 g/mol. The van der Waals surface area contributed by atoms with Crippen LogP contribution in [0.5, 0.6) is 5.75 Å². The Balaban J connectivity index is 1.50. The zero-order valence-electron chi connectivity index (χ0n) is 12.3. The summed E-state index contributed by atoms with van der Waals surface area (Å²) in [7, 11) is 0. The maximum atomic E-state index is 12.2. The molecule has 0 radical (unpaired) electrons. The Morgan fingerprint density at radius 3 is 2.52 bits per heavy atom. The van der Waals surface area contributed by atoms with Crippen LogP contribution in [0.2, 0.25) is 0 Å². The predicted molar refractivity (Wildman–Crippen MR) is 82.6 cm³/mol. The van der Waals surface area contributed by atoms with Crippen LogP contribution < -0.4 is 4.74 Å². The molecule has 0 bridgehead atoms. The largest absolute Gasteiger partial charge is 0.494 e. The standard InChI is InChI=1S/C18H14NO4/c20-12-13-6-8-14(9-7-13)23-11-3-10-19-17(21)15-4-1-2-5-16(15)18(19)22/h1,4-9,12H,3,10-11H2/q+1. The van der Waals surface area contributed by atoms with Crippen LogP contribution in [0.3, 0.4) is 0 Å². The fourth-order valence-corrected chi connectivity index (χ4v) is 2.44. The van der Waals surface area contributed by atoms with Crippen molar-refractivity contribution in [1.82, 2.24) is 4.90 Å². The second-order valence-corrected chi connectivity index (χ2v) is 5.12. The summed E-state index contributed by atoms with van der Waals surface area (Å²) in [6.45, 7) is 0.679. The molecular formula is C18H14NO4+. The first kappa shape index (κ1) is 14.9. The maximum Gasteiger partial charge on any atom is 0.319 e. The number of aldehydes is 1. The highest BCUT2D eigenvalue weighted by molar-refractivity contribution is 6.22. The molecule has 0 saturated carbocycles. The monoisotopic (exact) mass is 308 g/mol. The van der Waals surface area contributed by atoms with Gasteiger partial charge in [0.1, 0.15) is 24.2 Å². The van der Waals surface area contributed by atoms with E-state index in [1.807, 2.05) is 0 Å². The van der Waals surface area contributed by atoms with Gasteiger partial charge in [0.05, 0.1) is 12.7 Å². The Labute approximate surface area is 133 Å². The smallest absolute Gasteiger partial charge is 0.319 e. The third kappa shape index (κ3) is 2.96. The van der Waals surface area contributed by atoms with Gasteiger partial charge in [-0.05, 0) is 30.7 Å². The van der Waals surface area contributed by atoms with Gasteiger partial charge in [0, 0.05) is 18.2 Å². The Morgan fingerprint density at radius 1 is 1.09 bits per heavy atom. The molecule has 1 aromatic rings. The van der Waals surface area contributed by atoms with Crippen LogP contribution in [0.25, 0.3) is 0 Å². The van der Waals surface area contributed by atoms with Crippen molar-refractivity contribution in [2.75, 3.05) is 13.2 Å². The number of carbonyl (C=O) groups excluding carboxylic acids is 3. The molecule has 2 amide bonds. The number of nitrogens with zero attached hydrogens (tertiary/aromatic N) is 1. The molecule has 5 heteroatoms. The number of rotatable bonds is 6. The number of hydrogen-bond donors (Lipinski definition) is 0. The van der Waals surface area contributed by atoms with E-state index in [0.29, 0.717) is 42.0 Å². The lowest BCUT2D eigenvalue weighted by molar-refractivity contribution is -0.137. The molecule has 1 aliphatic heterocycles. The van der Waals surface area contributed by atoms with E-state index in [0.717, 1.165) is 6.29 Å². The number of ether oxygens (including phenoxy) is 1. The second-order valence-electron chi connectivity index (χ2n) is 5.12. The van der Waals surface area contributed by atoms with Gasteiger partial charge in [-0.3, -0.25) is 19.3 Å². The first-order valence-corrected chi connectivity index (χ1v) is 7.25. The third-order valence-corrected chi connectivity index (χ3v) is 3.63. The van der Waals surface area contributed by atoms with Gasteiger partial charge in [-0.15, -0.1) is 0 Å². The van der Waals surface area contributed by atoms with E-state index in [1.54, 1.807) is 42.5 Å². The van der Waals surface area contributed by atoms with Crippen LogP contribution in [0, 0.1) is 6.08 Å². The molecule has 0 N–H and O–H groups in total. The van der Waals surface area contributed by atoms with E-state index < -0.39 is 0 Å². The van der Waals surface area contributed by atoms with Crippen molar-refractivity contribution < 1.29 is 19.1 Å². The quantitative estimate of drug-likeness (QED) is 0.348. The first-order chi connectivity index (χ1) is 11.2. The number of allylic oxidation sites excluding steroid dienone is 2. The molecule has 0 aromatic heterocycles. The minimum absolute atomic E-state index is 0.269. The number of hydrogen-bond acceptors (Lipinski definition) is 4. The fourth-order valence-electron chi connectivity index (χ4n) is 2.44. The molecule has 1 aliphatic carbocycles. The third-order valence-electron chi connectivity index (χ3n) is 3.63. The van der Waals surface area contributed by atoms with Gasteiger partial charge < -0.3 is 4.74 Å². The van der Waals surface area contributed by atoms with Crippen molar-refractivity contribution in [3.05, 3.63) is 65.3 Å². The van der Waals surface area contributed by atoms with E-state index in [9.17, 15) is 14.4 Å². The molecule has 2 aliphatic rings. The number of benzene rings is 1. The van der Waals surface area contributed by atoms with E-state index in [2.05, 4.69) is 6.08 Å². The summed E-state index contributed by atoms with van der Waals surface area (Å²) < 4.78 is 5.54.